The van der Waals surface area contributed by atoms with Gasteiger partial charge in [-0.05, 0) is 13.5 Å². The molecule has 1 unspecified atom stereocenters. The van der Waals surface area contributed by atoms with Crippen molar-refractivity contribution in [3.05, 3.63) is 15.6 Å². The summed E-state index contributed by atoms with van der Waals surface area (Å²) in [5.41, 5.74) is 7.38. The van der Waals surface area contributed by atoms with Crippen LogP contribution in [0.3, 0.4) is 0 Å². The maximum absolute atomic E-state index is 6.09. The molecule has 0 bridgehead atoms. The molecule has 2 heterocycles. The van der Waals surface area contributed by atoms with E-state index in [-0.39, 0.29) is 6.04 Å². The zero-order valence-corrected chi connectivity index (χ0v) is 10.3. The van der Waals surface area contributed by atoms with Gasteiger partial charge < -0.3 is 10.6 Å². The van der Waals surface area contributed by atoms with E-state index in [2.05, 4.69) is 23.9 Å². The van der Waals surface area contributed by atoms with Crippen molar-refractivity contribution in [3.63, 3.8) is 0 Å². The van der Waals surface area contributed by atoms with Gasteiger partial charge >= 0.3 is 0 Å². The molecule has 4 heteroatoms. The molecule has 0 aromatic carbocycles. The van der Waals surface area contributed by atoms with Gasteiger partial charge in [-0.25, -0.2) is 4.98 Å². The van der Waals surface area contributed by atoms with Gasteiger partial charge in [-0.15, -0.1) is 11.3 Å². The molecule has 1 aromatic rings. The van der Waals surface area contributed by atoms with Gasteiger partial charge in [0, 0.05) is 24.4 Å². The second-order valence-electron chi connectivity index (χ2n) is 4.30. The Morgan fingerprint density at radius 2 is 2.40 bits per heavy atom. The molecule has 0 saturated heterocycles. The largest absolute Gasteiger partial charge is 0.322 e. The molecule has 15 heavy (non-hydrogen) atoms. The molecule has 84 valence electrons. The van der Waals surface area contributed by atoms with Crippen molar-refractivity contribution in [2.24, 2.45) is 5.73 Å². The molecule has 1 aliphatic rings. The Labute approximate surface area is 95.3 Å². The third-order valence-corrected chi connectivity index (χ3v) is 4.07. The van der Waals surface area contributed by atoms with Gasteiger partial charge in [-0.1, -0.05) is 13.3 Å². The predicted octanol–water partition coefficient (Wildman–Crippen LogP) is 1.93. The van der Waals surface area contributed by atoms with Crippen LogP contribution >= 0.6 is 11.3 Å². The van der Waals surface area contributed by atoms with Crippen LogP contribution in [0.4, 0.5) is 0 Å². The summed E-state index contributed by atoms with van der Waals surface area (Å²) < 4.78 is 0. The van der Waals surface area contributed by atoms with Crippen molar-refractivity contribution >= 4 is 11.3 Å². The van der Waals surface area contributed by atoms with Crippen molar-refractivity contribution < 1.29 is 0 Å². The molecule has 0 amide bonds. The van der Waals surface area contributed by atoms with Crippen LogP contribution < -0.4 is 5.73 Å². The quantitative estimate of drug-likeness (QED) is 0.854. The third-order valence-electron chi connectivity index (χ3n) is 2.86. The minimum Gasteiger partial charge on any atom is -0.322 e. The Balaban J connectivity index is 2.15. The summed E-state index contributed by atoms with van der Waals surface area (Å²) in [7, 11) is 2.16. The molecule has 0 saturated carbocycles. The van der Waals surface area contributed by atoms with E-state index in [0.717, 1.165) is 37.4 Å². The smallest absolute Gasteiger partial charge is 0.110 e. The fourth-order valence-electron chi connectivity index (χ4n) is 1.94. The average Bonchev–Trinajstić information content (AvgIpc) is 2.60. The van der Waals surface area contributed by atoms with E-state index in [4.69, 9.17) is 5.73 Å². The van der Waals surface area contributed by atoms with Crippen LogP contribution in [0.15, 0.2) is 0 Å². The number of hydrogen-bond acceptors (Lipinski definition) is 4. The molecule has 1 atom stereocenters. The van der Waals surface area contributed by atoms with Gasteiger partial charge in [0.2, 0.25) is 0 Å². The molecular weight excluding hydrogens is 206 g/mol. The number of nitrogens with two attached hydrogens (primary N) is 1. The number of fused-ring (bicyclic) bond motifs is 1. The van der Waals surface area contributed by atoms with Crippen LogP contribution in [0.2, 0.25) is 0 Å². The first-order valence-electron chi connectivity index (χ1n) is 5.63. The Morgan fingerprint density at radius 1 is 1.60 bits per heavy atom. The van der Waals surface area contributed by atoms with Crippen LogP contribution in [0, 0.1) is 0 Å². The van der Waals surface area contributed by atoms with Crippen LogP contribution in [-0.4, -0.2) is 23.5 Å². The molecule has 3 nitrogen and oxygen atoms in total. The minimum absolute atomic E-state index is 0.149. The Hall–Kier alpha value is -0.450. The van der Waals surface area contributed by atoms with Crippen LogP contribution in [-0.2, 0) is 13.0 Å². The molecular formula is C11H19N3S. The van der Waals surface area contributed by atoms with Gasteiger partial charge in [0.15, 0.2) is 0 Å². The third kappa shape index (κ3) is 2.38. The molecule has 0 aliphatic carbocycles. The fourth-order valence-corrected chi connectivity index (χ4v) is 3.16. The van der Waals surface area contributed by atoms with Gasteiger partial charge in [0.25, 0.3) is 0 Å². The number of nitrogens with zero attached hydrogens (tertiary/aromatic N) is 2. The Kier molecular flexibility index (Phi) is 3.38. The zero-order valence-electron chi connectivity index (χ0n) is 9.49. The second-order valence-corrected chi connectivity index (χ2v) is 5.42. The molecule has 0 fully saturated rings. The summed E-state index contributed by atoms with van der Waals surface area (Å²) in [6.07, 6.45) is 3.26. The first-order chi connectivity index (χ1) is 7.20. The van der Waals surface area contributed by atoms with E-state index in [9.17, 15) is 0 Å². The van der Waals surface area contributed by atoms with Crippen LogP contribution in [0.1, 0.15) is 41.4 Å². The van der Waals surface area contributed by atoms with Crippen molar-refractivity contribution in [3.8, 4) is 0 Å². The van der Waals surface area contributed by atoms with Crippen molar-refractivity contribution in [1.82, 2.24) is 9.88 Å². The second kappa shape index (κ2) is 4.60. The van der Waals surface area contributed by atoms with E-state index in [0.29, 0.717) is 0 Å². The highest BCUT2D eigenvalue weighted by atomic mass is 32.1. The average molecular weight is 225 g/mol. The van der Waals surface area contributed by atoms with Crippen molar-refractivity contribution in [2.45, 2.75) is 38.8 Å². The van der Waals surface area contributed by atoms with Crippen LogP contribution in [0.5, 0.6) is 0 Å². The Bertz CT molecular complexity index is 335. The maximum atomic E-state index is 6.09. The van der Waals surface area contributed by atoms with Gasteiger partial charge in [-0.3, -0.25) is 0 Å². The van der Waals surface area contributed by atoms with Crippen molar-refractivity contribution in [2.75, 3.05) is 13.6 Å². The van der Waals surface area contributed by atoms with Gasteiger partial charge in [0.1, 0.15) is 5.01 Å². The Morgan fingerprint density at radius 3 is 3.13 bits per heavy atom. The summed E-state index contributed by atoms with van der Waals surface area (Å²) in [6.45, 7) is 4.34. The summed E-state index contributed by atoms with van der Waals surface area (Å²) in [5, 5.41) is 1.14. The first-order valence-corrected chi connectivity index (χ1v) is 6.45. The molecule has 2 N–H and O–H groups in total. The fraction of sp³-hybridized carbons (Fsp3) is 0.727. The van der Waals surface area contributed by atoms with E-state index in [1.807, 2.05) is 11.3 Å². The zero-order chi connectivity index (χ0) is 10.8. The standard InChI is InChI=1S/C11H19N3S/c1-3-4-8(12)11-13-9-5-6-14(2)7-10(9)15-11/h8H,3-7,12H2,1-2H3. The lowest BCUT2D eigenvalue weighted by Gasteiger charge is -2.20. The SMILES string of the molecule is CCCC(N)c1nc2c(s1)CN(C)CC2. The number of rotatable bonds is 3. The minimum atomic E-state index is 0.149. The topological polar surface area (TPSA) is 42.1 Å². The molecule has 1 aliphatic heterocycles. The predicted molar refractivity (Wildman–Crippen MR) is 64.0 cm³/mol. The highest BCUT2D eigenvalue weighted by molar-refractivity contribution is 7.11. The lowest BCUT2D eigenvalue weighted by Crippen LogP contribution is -2.25. The maximum Gasteiger partial charge on any atom is 0.110 e. The lowest BCUT2D eigenvalue weighted by molar-refractivity contribution is 0.314. The number of thiazole rings is 1. The number of hydrogen-bond donors (Lipinski definition) is 1. The highest BCUT2D eigenvalue weighted by Crippen LogP contribution is 2.28. The summed E-state index contributed by atoms with van der Waals surface area (Å²) in [5.74, 6) is 0. The monoisotopic (exact) mass is 225 g/mol. The highest BCUT2D eigenvalue weighted by Gasteiger charge is 2.20. The molecule has 0 spiro atoms. The van der Waals surface area contributed by atoms with Crippen molar-refractivity contribution in [1.29, 1.82) is 0 Å². The van der Waals surface area contributed by atoms with E-state index < -0.39 is 0 Å². The van der Waals surface area contributed by atoms with E-state index in [1.54, 1.807) is 0 Å². The summed E-state index contributed by atoms with van der Waals surface area (Å²) in [6, 6.07) is 0.149. The number of likely N-dealkylation sites (N-methyl/N-ethyl adjacent to an activating group) is 1. The van der Waals surface area contributed by atoms with E-state index >= 15 is 0 Å². The summed E-state index contributed by atoms with van der Waals surface area (Å²) >= 11 is 1.81. The number of aromatic nitrogens is 1. The first kappa shape index (κ1) is 11.0. The van der Waals surface area contributed by atoms with Gasteiger partial charge in [-0.2, -0.15) is 0 Å². The van der Waals surface area contributed by atoms with Gasteiger partial charge in [0.05, 0.1) is 11.7 Å². The van der Waals surface area contributed by atoms with E-state index in [1.165, 1.54) is 10.6 Å². The lowest BCUT2D eigenvalue weighted by atomic mass is 10.2. The molecule has 2 rings (SSSR count). The molecule has 0 radical (unpaired) electrons. The summed E-state index contributed by atoms with van der Waals surface area (Å²) in [4.78, 5) is 8.44. The normalized spacial score (nSPS) is 18.9. The molecule has 1 aromatic heterocycles. The van der Waals surface area contributed by atoms with Crippen LogP contribution in [0.25, 0.3) is 0 Å².